The molecule has 118 valence electrons. The van der Waals surface area contributed by atoms with E-state index in [0.29, 0.717) is 16.7 Å². The Kier molecular flexibility index (Phi) is 5.17. The first kappa shape index (κ1) is 16.5. The van der Waals surface area contributed by atoms with Gasteiger partial charge in [0.15, 0.2) is 5.78 Å². The van der Waals surface area contributed by atoms with Crippen molar-refractivity contribution in [3.63, 3.8) is 0 Å². The van der Waals surface area contributed by atoms with Crippen molar-refractivity contribution >= 4 is 17.5 Å². The fourth-order valence-corrected chi connectivity index (χ4v) is 2.76. The van der Waals surface area contributed by atoms with E-state index in [0.717, 1.165) is 11.8 Å². The van der Waals surface area contributed by atoms with Crippen molar-refractivity contribution in [1.29, 1.82) is 0 Å². The zero-order valence-electron chi connectivity index (χ0n) is 11.6. The number of carbonyl (C=O) groups is 1. The highest BCUT2D eigenvalue weighted by Gasteiger charge is 2.31. The van der Waals surface area contributed by atoms with Gasteiger partial charge in [0.25, 0.3) is 0 Å². The molecule has 2 aromatic rings. The first-order valence-electron chi connectivity index (χ1n) is 6.49. The topological polar surface area (TPSA) is 60.7 Å². The second-order valence-electron chi connectivity index (χ2n) is 4.48. The Morgan fingerprint density at radius 1 is 1.32 bits per heavy atom. The van der Waals surface area contributed by atoms with Crippen LogP contribution in [0.2, 0.25) is 0 Å². The molecule has 2 rings (SSSR count). The quantitative estimate of drug-likeness (QED) is 0.602. The van der Waals surface area contributed by atoms with Crippen LogP contribution in [0, 0.1) is 0 Å². The van der Waals surface area contributed by atoms with Gasteiger partial charge in [-0.05, 0) is 16.8 Å². The highest BCUT2D eigenvalue weighted by Crippen LogP contribution is 2.27. The summed E-state index contributed by atoms with van der Waals surface area (Å²) in [6, 6.07) is 8.60. The van der Waals surface area contributed by atoms with E-state index in [4.69, 9.17) is 0 Å². The molecule has 1 aromatic heterocycles. The molecule has 0 radical (unpaired) electrons. The number of thioether (sulfide) groups is 1. The maximum Gasteiger partial charge on any atom is 0.408 e. The van der Waals surface area contributed by atoms with E-state index in [9.17, 15) is 18.0 Å². The predicted octanol–water partition coefficient (Wildman–Crippen LogP) is 2.99. The zero-order valence-corrected chi connectivity index (χ0v) is 12.4. The van der Waals surface area contributed by atoms with Crippen LogP contribution in [0.25, 0.3) is 0 Å². The lowest BCUT2D eigenvalue weighted by molar-refractivity contribution is -0.144. The molecule has 0 spiro atoms. The number of aromatic nitrogens is 4. The minimum atomic E-state index is -4.42. The number of hydrogen-bond donors (Lipinski definition) is 0. The molecule has 5 nitrogen and oxygen atoms in total. The molecular formula is C13H13F3N4OS. The van der Waals surface area contributed by atoms with Gasteiger partial charge >= 0.3 is 6.18 Å². The van der Waals surface area contributed by atoms with Crippen LogP contribution < -0.4 is 0 Å². The third kappa shape index (κ3) is 4.30. The summed E-state index contributed by atoms with van der Waals surface area (Å²) in [6.07, 6.45) is -3.97. The summed E-state index contributed by atoms with van der Waals surface area (Å²) in [5.41, 5.74) is 0.511. The third-order valence-electron chi connectivity index (χ3n) is 2.80. The standard InChI is InChI=1S/C13H13F3N4OS/c1-2-10(11(21)9-6-4-3-5-7-9)22-12-17-18-19-20(12)8-13(14,15)16/h3-7,10H,2,8H2,1H3/t10-/m0/s1. The van der Waals surface area contributed by atoms with E-state index in [1.807, 2.05) is 0 Å². The third-order valence-corrected chi connectivity index (χ3v) is 4.13. The van der Waals surface area contributed by atoms with Gasteiger partial charge in [0.05, 0.1) is 5.25 Å². The molecule has 1 heterocycles. The summed E-state index contributed by atoms with van der Waals surface area (Å²) < 4.78 is 38.0. The van der Waals surface area contributed by atoms with E-state index in [2.05, 4.69) is 15.5 Å². The van der Waals surface area contributed by atoms with Gasteiger partial charge in [0.2, 0.25) is 5.16 Å². The van der Waals surface area contributed by atoms with Crippen LogP contribution in [0.3, 0.4) is 0 Å². The maximum absolute atomic E-state index is 12.4. The Morgan fingerprint density at radius 3 is 2.59 bits per heavy atom. The van der Waals surface area contributed by atoms with Crippen molar-refractivity contribution in [3.05, 3.63) is 35.9 Å². The molecule has 9 heteroatoms. The molecule has 0 unspecified atom stereocenters. The number of rotatable bonds is 6. The average molecular weight is 330 g/mol. The Morgan fingerprint density at radius 2 is 2.00 bits per heavy atom. The molecule has 0 fully saturated rings. The van der Waals surface area contributed by atoms with Gasteiger partial charge in [-0.25, -0.2) is 4.68 Å². The summed E-state index contributed by atoms with van der Waals surface area (Å²) >= 11 is 0.943. The monoisotopic (exact) mass is 330 g/mol. The Bertz CT molecular complexity index is 630. The highest BCUT2D eigenvalue weighted by molar-refractivity contribution is 8.00. The Hall–Kier alpha value is -1.90. The molecule has 0 aliphatic carbocycles. The second-order valence-corrected chi connectivity index (χ2v) is 5.65. The van der Waals surface area contributed by atoms with E-state index in [1.165, 1.54) is 0 Å². The van der Waals surface area contributed by atoms with Gasteiger partial charge in [0, 0.05) is 5.56 Å². The van der Waals surface area contributed by atoms with Crippen LogP contribution in [0.4, 0.5) is 13.2 Å². The minimum absolute atomic E-state index is 0.0199. The van der Waals surface area contributed by atoms with Gasteiger partial charge in [-0.2, -0.15) is 13.2 Å². The van der Waals surface area contributed by atoms with Crippen molar-refractivity contribution in [2.75, 3.05) is 0 Å². The van der Waals surface area contributed by atoms with Crippen LogP contribution in [0.15, 0.2) is 35.5 Å². The minimum Gasteiger partial charge on any atom is -0.293 e. The highest BCUT2D eigenvalue weighted by atomic mass is 32.2. The lowest BCUT2D eigenvalue weighted by Crippen LogP contribution is -2.21. The molecule has 0 N–H and O–H groups in total. The molecular weight excluding hydrogens is 317 g/mol. The molecule has 1 atom stereocenters. The number of alkyl halides is 3. The van der Waals surface area contributed by atoms with Crippen molar-refractivity contribution < 1.29 is 18.0 Å². The zero-order chi connectivity index (χ0) is 16.2. The normalized spacial score (nSPS) is 13.1. The van der Waals surface area contributed by atoms with Crippen molar-refractivity contribution in [1.82, 2.24) is 20.2 Å². The fourth-order valence-electron chi connectivity index (χ4n) is 1.79. The number of carbonyl (C=O) groups excluding carboxylic acids is 1. The number of benzene rings is 1. The molecule has 0 bridgehead atoms. The number of Topliss-reactive ketones (excluding diaryl/α,β-unsaturated/α-hetero) is 1. The molecule has 0 amide bonds. The smallest absolute Gasteiger partial charge is 0.293 e. The molecule has 22 heavy (non-hydrogen) atoms. The van der Waals surface area contributed by atoms with Crippen LogP contribution in [0.1, 0.15) is 23.7 Å². The summed E-state index contributed by atoms with van der Waals surface area (Å²) in [5.74, 6) is -0.158. The number of hydrogen-bond acceptors (Lipinski definition) is 5. The predicted molar refractivity (Wildman–Crippen MR) is 74.6 cm³/mol. The summed E-state index contributed by atoms with van der Waals surface area (Å²) in [7, 11) is 0. The van der Waals surface area contributed by atoms with E-state index >= 15 is 0 Å². The van der Waals surface area contributed by atoms with Gasteiger partial charge in [-0.1, -0.05) is 49.0 Å². The molecule has 0 saturated heterocycles. The number of tetrazole rings is 1. The van der Waals surface area contributed by atoms with E-state index < -0.39 is 18.0 Å². The summed E-state index contributed by atoms with van der Waals surface area (Å²) in [4.78, 5) is 12.4. The SMILES string of the molecule is CC[C@H](Sc1nnnn1CC(F)(F)F)C(=O)c1ccccc1. The van der Waals surface area contributed by atoms with Crippen molar-refractivity contribution in [2.45, 2.75) is 36.5 Å². The van der Waals surface area contributed by atoms with Crippen LogP contribution in [-0.4, -0.2) is 37.4 Å². The lowest BCUT2D eigenvalue weighted by atomic mass is 10.1. The first-order valence-corrected chi connectivity index (χ1v) is 7.37. The Balaban J connectivity index is 2.14. The Labute approximate surface area is 128 Å². The second kappa shape index (κ2) is 6.91. The average Bonchev–Trinajstić information content (AvgIpc) is 2.90. The maximum atomic E-state index is 12.4. The molecule has 1 aromatic carbocycles. The molecule has 0 aliphatic rings. The van der Waals surface area contributed by atoms with Crippen LogP contribution in [-0.2, 0) is 6.54 Å². The summed E-state index contributed by atoms with van der Waals surface area (Å²) in [5, 5.41) is 9.60. The first-order chi connectivity index (χ1) is 10.4. The molecule has 0 aliphatic heterocycles. The van der Waals surface area contributed by atoms with Crippen LogP contribution in [0.5, 0.6) is 0 Å². The fraction of sp³-hybridized carbons (Fsp3) is 0.385. The lowest BCUT2D eigenvalue weighted by Gasteiger charge is -2.13. The van der Waals surface area contributed by atoms with Crippen molar-refractivity contribution in [3.8, 4) is 0 Å². The van der Waals surface area contributed by atoms with Crippen LogP contribution >= 0.6 is 11.8 Å². The molecule has 0 saturated carbocycles. The summed E-state index contributed by atoms with van der Waals surface area (Å²) in [6.45, 7) is 0.509. The largest absolute Gasteiger partial charge is 0.408 e. The number of nitrogens with zero attached hydrogens (tertiary/aromatic N) is 4. The van der Waals surface area contributed by atoms with Gasteiger partial charge in [0.1, 0.15) is 6.54 Å². The van der Waals surface area contributed by atoms with E-state index in [1.54, 1.807) is 37.3 Å². The van der Waals surface area contributed by atoms with Gasteiger partial charge in [-0.15, -0.1) is 5.10 Å². The van der Waals surface area contributed by atoms with Crippen molar-refractivity contribution in [2.24, 2.45) is 0 Å². The van der Waals surface area contributed by atoms with Gasteiger partial charge in [-0.3, -0.25) is 4.79 Å². The number of ketones is 1. The van der Waals surface area contributed by atoms with E-state index in [-0.39, 0.29) is 10.9 Å². The van der Waals surface area contributed by atoms with Gasteiger partial charge < -0.3 is 0 Å². The number of halogens is 3.